The standard InChI is InChI=1S/C22H25BrN4O3S/c23-18-6-1-4-16(12-18)21-25-20(30-26-21)14-27-9-2-5-17(13-27)22(28)24-8-11-31-15-19-7-3-10-29-19/h1,3-4,6-7,10,12,17H,2,5,8-9,11,13-15H2,(H,24,28). The van der Waals surface area contributed by atoms with Crippen molar-refractivity contribution in [3.63, 3.8) is 0 Å². The van der Waals surface area contributed by atoms with Crippen molar-refractivity contribution in [1.29, 1.82) is 0 Å². The van der Waals surface area contributed by atoms with Crippen molar-refractivity contribution in [1.82, 2.24) is 20.4 Å². The second-order valence-electron chi connectivity index (χ2n) is 7.52. The number of benzene rings is 1. The lowest BCUT2D eigenvalue weighted by Crippen LogP contribution is -2.43. The number of carbonyl (C=O) groups excluding carboxylic acids is 1. The summed E-state index contributed by atoms with van der Waals surface area (Å²) in [5.41, 5.74) is 0.908. The smallest absolute Gasteiger partial charge is 0.241 e. The Morgan fingerprint density at radius 3 is 3.10 bits per heavy atom. The van der Waals surface area contributed by atoms with Crippen molar-refractivity contribution < 1.29 is 13.7 Å². The molecule has 1 unspecified atom stereocenters. The number of nitrogens with zero attached hydrogens (tertiary/aromatic N) is 3. The number of carbonyl (C=O) groups is 1. The topological polar surface area (TPSA) is 84.4 Å². The summed E-state index contributed by atoms with van der Waals surface area (Å²) in [6.07, 6.45) is 3.58. The van der Waals surface area contributed by atoms with Crippen molar-refractivity contribution in [3.8, 4) is 11.4 Å². The molecule has 1 N–H and O–H groups in total. The molecule has 1 fully saturated rings. The van der Waals surface area contributed by atoms with E-state index in [1.807, 2.05) is 36.4 Å². The van der Waals surface area contributed by atoms with Crippen LogP contribution in [0.15, 0.2) is 56.1 Å². The largest absolute Gasteiger partial charge is 0.468 e. The zero-order valence-corrected chi connectivity index (χ0v) is 19.5. The van der Waals surface area contributed by atoms with Gasteiger partial charge in [-0.25, -0.2) is 0 Å². The van der Waals surface area contributed by atoms with E-state index in [0.29, 0.717) is 31.3 Å². The number of aromatic nitrogens is 2. The van der Waals surface area contributed by atoms with Crippen molar-refractivity contribution in [2.75, 3.05) is 25.4 Å². The van der Waals surface area contributed by atoms with Gasteiger partial charge >= 0.3 is 0 Å². The lowest BCUT2D eigenvalue weighted by atomic mass is 9.97. The van der Waals surface area contributed by atoms with Gasteiger partial charge in [-0.1, -0.05) is 33.2 Å². The van der Waals surface area contributed by atoms with Crippen LogP contribution in [0.3, 0.4) is 0 Å². The van der Waals surface area contributed by atoms with E-state index < -0.39 is 0 Å². The average Bonchev–Trinajstić information content (AvgIpc) is 3.46. The molecule has 1 aliphatic heterocycles. The molecule has 1 atom stereocenters. The molecular weight excluding hydrogens is 480 g/mol. The molecule has 9 heteroatoms. The zero-order valence-electron chi connectivity index (χ0n) is 17.1. The maximum absolute atomic E-state index is 12.6. The van der Waals surface area contributed by atoms with Crippen LogP contribution in [-0.4, -0.2) is 46.3 Å². The minimum Gasteiger partial charge on any atom is -0.468 e. The number of piperidine rings is 1. The summed E-state index contributed by atoms with van der Waals surface area (Å²) in [6.45, 7) is 2.86. The second-order valence-corrected chi connectivity index (χ2v) is 9.54. The van der Waals surface area contributed by atoms with Gasteiger partial charge in [-0.15, -0.1) is 0 Å². The van der Waals surface area contributed by atoms with Gasteiger partial charge in [-0.05, 0) is 43.7 Å². The van der Waals surface area contributed by atoms with Gasteiger partial charge in [-0.2, -0.15) is 16.7 Å². The van der Waals surface area contributed by atoms with E-state index in [9.17, 15) is 4.79 Å². The summed E-state index contributed by atoms with van der Waals surface area (Å²) in [5, 5.41) is 7.18. The highest BCUT2D eigenvalue weighted by atomic mass is 79.9. The molecule has 3 aromatic rings. The van der Waals surface area contributed by atoms with E-state index in [1.54, 1.807) is 18.0 Å². The molecule has 0 saturated carbocycles. The fourth-order valence-electron chi connectivity index (χ4n) is 3.63. The Hall–Kier alpha value is -2.10. The summed E-state index contributed by atoms with van der Waals surface area (Å²) in [4.78, 5) is 19.3. The fraction of sp³-hybridized carbons (Fsp3) is 0.409. The molecule has 2 aromatic heterocycles. The quantitative estimate of drug-likeness (QED) is 0.433. The third-order valence-corrected chi connectivity index (χ3v) is 6.63. The van der Waals surface area contributed by atoms with Crippen molar-refractivity contribution in [3.05, 3.63) is 58.8 Å². The van der Waals surface area contributed by atoms with E-state index in [2.05, 4.69) is 36.3 Å². The summed E-state index contributed by atoms with van der Waals surface area (Å²) in [6, 6.07) is 11.7. The summed E-state index contributed by atoms with van der Waals surface area (Å²) in [5.74, 6) is 3.93. The molecule has 3 heterocycles. The Labute approximate surface area is 194 Å². The summed E-state index contributed by atoms with van der Waals surface area (Å²) in [7, 11) is 0. The van der Waals surface area contributed by atoms with Crippen LogP contribution in [0.25, 0.3) is 11.4 Å². The van der Waals surface area contributed by atoms with Gasteiger partial charge in [0.25, 0.3) is 0 Å². The number of thioether (sulfide) groups is 1. The molecule has 164 valence electrons. The molecule has 0 aliphatic carbocycles. The van der Waals surface area contributed by atoms with Crippen LogP contribution >= 0.6 is 27.7 Å². The monoisotopic (exact) mass is 504 g/mol. The Kier molecular flexibility index (Phi) is 7.82. The van der Waals surface area contributed by atoms with Gasteiger partial charge in [0.1, 0.15) is 5.76 Å². The Morgan fingerprint density at radius 1 is 1.32 bits per heavy atom. The van der Waals surface area contributed by atoms with Crippen LogP contribution < -0.4 is 5.32 Å². The maximum atomic E-state index is 12.6. The molecule has 0 bridgehead atoms. The highest BCUT2D eigenvalue weighted by Gasteiger charge is 2.26. The third-order valence-electron chi connectivity index (χ3n) is 5.16. The van der Waals surface area contributed by atoms with Gasteiger partial charge in [0.2, 0.25) is 17.6 Å². The normalized spacial score (nSPS) is 17.0. The summed E-state index contributed by atoms with van der Waals surface area (Å²) < 4.78 is 11.7. The number of halogens is 1. The predicted octanol–water partition coefficient (Wildman–Crippen LogP) is 4.35. The number of nitrogens with one attached hydrogen (secondary N) is 1. The van der Waals surface area contributed by atoms with Crippen molar-refractivity contribution in [2.24, 2.45) is 5.92 Å². The first-order valence-electron chi connectivity index (χ1n) is 10.4. The third kappa shape index (κ3) is 6.44. The predicted molar refractivity (Wildman–Crippen MR) is 123 cm³/mol. The average molecular weight is 505 g/mol. The molecule has 1 saturated heterocycles. The van der Waals surface area contributed by atoms with Crippen LogP contribution in [0.1, 0.15) is 24.5 Å². The van der Waals surface area contributed by atoms with Crippen molar-refractivity contribution in [2.45, 2.75) is 25.1 Å². The second kappa shape index (κ2) is 11.0. The van der Waals surface area contributed by atoms with E-state index in [0.717, 1.165) is 46.7 Å². The van der Waals surface area contributed by atoms with Gasteiger partial charge in [0.15, 0.2) is 0 Å². The number of likely N-dealkylation sites (tertiary alicyclic amines) is 1. The minimum atomic E-state index is -0.00343. The van der Waals surface area contributed by atoms with Gasteiger partial charge in [0.05, 0.1) is 24.5 Å². The molecule has 4 rings (SSSR count). The van der Waals surface area contributed by atoms with E-state index in [-0.39, 0.29) is 11.8 Å². The van der Waals surface area contributed by atoms with Gasteiger partial charge in [-0.3, -0.25) is 9.69 Å². The number of rotatable bonds is 9. The van der Waals surface area contributed by atoms with Crippen LogP contribution in [0, 0.1) is 5.92 Å². The number of amides is 1. The molecule has 7 nitrogen and oxygen atoms in total. The lowest BCUT2D eigenvalue weighted by Gasteiger charge is -2.30. The Morgan fingerprint density at radius 2 is 2.26 bits per heavy atom. The molecule has 1 amide bonds. The van der Waals surface area contributed by atoms with Crippen LogP contribution in [0.2, 0.25) is 0 Å². The van der Waals surface area contributed by atoms with E-state index >= 15 is 0 Å². The van der Waals surface area contributed by atoms with Crippen LogP contribution in [0.5, 0.6) is 0 Å². The highest BCUT2D eigenvalue weighted by Crippen LogP contribution is 2.22. The van der Waals surface area contributed by atoms with E-state index in [4.69, 9.17) is 8.94 Å². The number of hydrogen-bond donors (Lipinski definition) is 1. The van der Waals surface area contributed by atoms with E-state index in [1.165, 1.54) is 0 Å². The SMILES string of the molecule is O=C(NCCSCc1ccco1)C1CCCN(Cc2nc(-c3cccc(Br)c3)no2)C1. The van der Waals surface area contributed by atoms with Gasteiger partial charge < -0.3 is 14.3 Å². The molecular formula is C22H25BrN4O3S. The Bertz CT molecular complexity index is 979. The minimum absolute atomic E-state index is 0.00343. The zero-order chi connectivity index (χ0) is 21.5. The van der Waals surface area contributed by atoms with Crippen LogP contribution in [0.4, 0.5) is 0 Å². The van der Waals surface area contributed by atoms with Crippen LogP contribution in [-0.2, 0) is 17.1 Å². The molecule has 1 aromatic carbocycles. The molecule has 0 spiro atoms. The lowest BCUT2D eigenvalue weighted by molar-refractivity contribution is -0.126. The number of furan rings is 1. The first kappa shape index (κ1) is 22.1. The highest BCUT2D eigenvalue weighted by molar-refractivity contribution is 9.10. The first-order chi connectivity index (χ1) is 15.2. The molecule has 1 aliphatic rings. The Balaban J connectivity index is 1.21. The van der Waals surface area contributed by atoms with Gasteiger partial charge in [0, 0.05) is 28.9 Å². The summed E-state index contributed by atoms with van der Waals surface area (Å²) >= 11 is 5.22. The fourth-order valence-corrected chi connectivity index (χ4v) is 4.78. The first-order valence-corrected chi connectivity index (χ1v) is 12.3. The number of hydrogen-bond acceptors (Lipinski definition) is 7. The molecule has 0 radical (unpaired) electrons. The molecule has 31 heavy (non-hydrogen) atoms. The maximum Gasteiger partial charge on any atom is 0.241 e. The van der Waals surface area contributed by atoms with Crippen molar-refractivity contribution >= 4 is 33.6 Å².